The molecule has 1 fully saturated rings. The van der Waals surface area contributed by atoms with E-state index in [1.54, 1.807) is 14.0 Å². The van der Waals surface area contributed by atoms with Gasteiger partial charge in [-0.1, -0.05) is 12.1 Å². The fourth-order valence-electron chi connectivity index (χ4n) is 2.24. The summed E-state index contributed by atoms with van der Waals surface area (Å²) in [6, 6.07) is 7.03. The van der Waals surface area contributed by atoms with Gasteiger partial charge in [0.15, 0.2) is 0 Å². The van der Waals surface area contributed by atoms with Crippen molar-refractivity contribution in [2.75, 3.05) is 13.7 Å². The molecule has 0 amide bonds. The van der Waals surface area contributed by atoms with Crippen LogP contribution in [0.4, 0.5) is 0 Å². The summed E-state index contributed by atoms with van der Waals surface area (Å²) in [7, 11) is 1.61. The highest BCUT2D eigenvalue weighted by atomic mass is 16.5. The van der Waals surface area contributed by atoms with Gasteiger partial charge in [0, 0.05) is 5.92 Å². The van der Waals surface area contributed by atoms with Gasteiger partial charge in [0.2, 0.25) is 0 Å². The Balaban J connectivity index is 2.20. The van der Waals surface area contributed by atoms with E-state index in [-0.39, 0.29) is 18.1 Å². The van der Waals surface area contributed by atoms with Gasteiger partial charge in [0.1, 0.15) is 11.8 Å². The molecule has 6 heteroatoms. The lowest BCUT2D eigenvalue weighted by Crippen LogP contribution is -2.40. The molecule has 1 heterocycles. The van der Waals surface area contributed by atoms with Crippen LogP contribution in [0.1, 0.15) is 18.4 Å². The molecule has 0 aromatic heterocycles. The van der Waals surface area contributed by atoms with E-state index in [1.807, 2.05) is 24.3 Å². The molecule has 3 unspecified atom stereocenters. The van der Waals surface area contributed by atoms with E-state index in [9.17, 15) is 4.79 Å². The summed E-state index contributed by atoms with van der Waals surface area (Å²) in [5.74, 6) is 0.289. The van der Waals surface area contributed by atoms with Crippen LogP contribution >= 0.6 is 0 Å². The molecule has 2 rings (SSSR count). The van der Waals surface area contributed by atoms with Crippen molar-refractivity contribution in [2.45, 2.75) is 25.0 Å². The average Bonchev–Trinajstić information content (AvgIpc) is 2.81. The van der Waals surface area contributed by atoms with Gasteiger partial charge >= 0.3 is 5.97 Å². The first kappa shape index (κ1) is 13.8. The topological polar surface area (TPSA) is 85.6 Å². The number of rotatable bonds is 4. The second-order valence-electron chi connectivity index (χ2n) is 4.34. The smallest absolute Gasteiger partial charge is 0.325 e. The Labute approximate surface area is 112 Å². The molecule has 1 aromatic carbocycles. The third kappa shape index (κ3) is 2.86. The summed E-state index contributed by atoms with van der Waals surface area (Å²) in [6.45, 7) is 2.13. The summed E-state index contributed by atoms with van der Waals surface area (Å²) in [6.07, 6.45) is -0.345. The first-order valence-electron chi connectivity index (χ1n) is 6.24. The van der Waals surface area contributed by atoms with Crippen LogP contribution in [-0.2, 0) is 9.53 Å². The molecule has 4 N–H and O–H groups in total. The molecule has 1 aromatic rings. The van der Waals surface area contributed by atoms with E-state index >= 15 is 0 Å². The maximum absolute atomic E-state index is 11.9. The maximum atomic E-state index is 11.9. The van der Waals surface area contributed by atoms with E-state index in [1.165, 1.54) is 0 Å². The fourth-order valence-corrected chi connectivity index (χ4v) is 2.24. The summed E-state index contributed by atoms with van der Waals surface area (Å²) in [4.78, 5) is 11.9. The number of nitrogens with one attached hydrogen (secondary N) is 2. The van der Waals surface area contributed by atoms with Crippen molar-refractivity contribution in [1.29, 1.82) is 0 Å². The number of nitrogens with two attached hydrogens (primary N) is 1. The molecule has 3 atom stereocenters. The summed E-state index contributed by atoms with van der Waals surface area (Å²) in [5, 5.41) is 0. The highest BCUT2D eigenvalue weighted by molar-refractivity contribution is 5.77. The van der Waals surface area contributed by atoms with Crippen molar-refractivity contribution in [2.24, 2.45) is 5.73 Å². The number of carbonyl (C=O) groups excluding carboxylic acids is 1. The minimum atomic E-state index is -0.483. The minimum absolute atomic E-state index is 0.176. The first-order chi connectivity index (χ1) is 9.17. The molecule has 0 saturated carbocycles. The van der Waals surface area contributed by atoms with Gasteiger partial charge in [0.25, 0.3) is 0 Å². The van der Waals surface area contributed by atoms with E-state index < -0.39 is 6.04 Å². The van der Waals surface area contributed by atoms with Crippen molar-refractivity contribution < 1.29 is 14.3 Å². The number of hydrogen-bond acceptors (Lipinski definition) is 6. The van der Waals surface area contributed by atoms with Gasteiger partial charge in [-0.05, 0) is 24.6 Å². The van der Waals surface area contributed by atoms with Crippen LogP contribution in [0.5, 0.6) is 5.75 Å². The Bertz CT molecular complexity index is 435. The van der Waals surface area contributed by atoms with Gasteiger partial charge in [-0.15, -0.1) is 0 Å². The van der Waals surface area contributed by atoms with Crippen LogP contribution in [0.2, 0.25) is 0 Å². The zero-order valence-electron chi connectivity index (χ0n) is 11.1. The van der Waals surface area contributed by atoms with Crippen molar-refractivity contribution >= 4 is 5.97 Å². The Hall–Kier alpha value is -1.63. The maximum Gasteiger partial charge on any atom is 0.325 e. The van der Waals surface area contributed by atoms with E-state index in [0.29, 0.717) is 6.61 Å². The SMILES string of the molecule is CCOC(=O)C1NNC(N)C1c1ccc(OC)cc1. The van der Waals surface area contributed by atoms with Gasteiger partial charge in [-0.2, -0.15) is 0 Å². The normalized spacial score (nSPS) is 26.2. The predicted octanol–water partition coefficient (Wildman–Crippen LogP) is 0.103. The second kappa shape index (κ2) is 6.01. The predicted molar refractivity (Wildman–Crippen MR) is 70.4 cm³/mol. The molecule has 1 saturated heterocycles. The molecule has 0 aliphatic carbocycles. The van der Waals surface area contributed by atoms with Crippen LogP contribution in [0.15, 0.2) is 24.3 Å². The first-order valence-corrected chi connectivity index (χ1v) is 6.24. The van der Waals surface area contributed by atoms with Crippen LogP contribution < -0.4 is 21.3 Å². The van der Waals surface area contributed by atoms with Gasteiger partial charge in [0.05, 0.1) is 19.9 Å². The number of methoxy groups -OCH3 is 1. The second-order valence-corrected chi connectivity index (χ2v) is 4.34. The van der Waals surface area contributed by atoms with Crippen LogP contribution in [0.3, 0.4) is 0 Å². The molecule has 0 bridgehead atoms. The zero-order chi connectivity index (χ0) is 13.8. The lowest BCUT2D eigenvalue weighted by Gasteiger charge is -2.20. The van der Waals surface area contributed by atoms with Crippen molar-refractivity contribution in [1.82, 2.24) is 10.9 Å². The van der Waals surface area contributed by atoms with Crippen LogP contribution in [0.25, 0.3) is 0 Å². The zero-order valence-corrected chi connectivity index (χ0v) is 11.1. The highest BCUT2D eigenvalue weighted by Gasteiger charge is 2.40. The summed E-state index contributed by atoms with van der Waals surface area (Å²) < 4.78 is 10.2. The van der Waals surface area contributed by atoms with Gasteiger partial charge < -0.3 is 15.2 Å². The number of hydrogen-bond donors (Lipinski definition) is 3. The molecule has 1 aliphatic rings. The average molecular weight is 265 g/mol. The van der Waals surface area contributed by atoms with E-state index in [0.717, 1.165) is 11.3 Å². The molecule has 0 radical (unpaired) electrons. The standard InChI is InChI=1S/C13H19N3O3/c1-3-19-13(17)11-10(12(14)16-15-11)8-4-6-9(18-2)7-5-8/h4-7,10-12,15-16H,3,14H2,1-2H3. The Kier molecular flexibility index (Phi) is 4.36. The molecule has 1 aliphatic heterocycles. The van der Waals surface area contributed by atoms with Gasteiger partial charge in [-0.25, -0.2) is 10.9 Å². The quantitative estimate of drug-likeness (QED) is 0.670. The third-order valence-corrected chi connectivity index (χ3v) is 3.19. The van der Waals surface area contributed by atoms with Crippen LogP contribution in [0, 0.1) is 0 Å². The lowest BCUT2D eigenvalue weighted by atomic mass is 9.91. The van der Waals surface area contributed by atoms with E-state index in [4.69, 9.17) is 15.2 Å². The molecule has 6 nitrogen and oxygen atoms in total. The number of benzene rings is 1. The number of ether oxygens (including phenoxy) is 2. The fraction of sp³-hybridized carbons (Fsp3) is 0.462. The molecule has 0 spiro atoms. The van der Waals surface area contributed by atoms with Crippen molar-refractivity contribution in [3.05, 3.63) is 29.8 Å². The Morgan fingerprint density at radius 3 is 2.58 bits per heavy atom. The van der Waals surface area contributed by atoms with Crippen molar-refractivity contribution in [3.8, 4) is 5.75 Å². The largest absolute Gasteiger partial charge is 0.497 e. The van der Waals surface area contributed by atoms with Crippen molar-refractivity contribution in [3.63, 3.8) is 0 Å². The van der Waals surface area contributed by atoms with Gasteiger partial charge in [-0.3, -0.25) is 4.79 Å². The minimum Gasteiger partial charge on any atom is -0.497 e. The molecule has 104 valence electrons. The Morgan fingerprint density at radius 2 is 2.00 bits per heavy atom. The third-order valence-electron chi connectivity index (χ3n) is 3.19. The Morgan fingerprint density at radius 1 is 1.32 bits per heavy atom. The summed E-state index contributed by atoms with van der Waals surface area (Å²) in [5.41, 5.74) is 12.7. The number of carbonyl (C=O) groups is 1. The molecular formula is C13H19N3O3. The molecule has 19 heavy (non-hydrogen) atoms. The molecular weight excluding hydrogens is 246 g/mol. The number of esters is 1. The summed E-state index contributed by atoms with van der Waals surface area (Å²) >= 11 is 0. The monoisotopic (exact) mass is 265 g/mol. The van der Waals surface area contributed by atoms with Crippen LogP contribution in [-0.4, -0.2) is 31.9 Å². The highest BCUT2D eigenvalue weighted by Crippen LogP contribution is 2.27. The number of hydrazine groups is 1. The van der Waals surface area contributed by atoms with E-state index in [2.05, 4.69) is 10.9 Å². The lowest BCUT2D eigenvalue weighted by molar-refractivity contribution is -0.145.